The molecule has 10 heteroatoms. The fourth-order valence-corrected chi connectivity index (χ4v) is 3.61. The first-order valence-electron chi connectivity index (χ1n) is 9.66. The van der Waals surface area contributed by atoms with E-state index in [4.69, 9.17) is 35.9 Å². The van der Waals surface area contributed by atoms with Gasteiger partial charge in [0.2, 0.25) is 6.79 Å². The van der Waals surface area contributed by atoms with Crippen LogP contribution in [0.3, 0.4) is 0 Å². The first-order chi connectivity index (χ1) is 15.5. The summed E-state index contributed by atoms with van der Waals surface area (Å²) in [5, 5.41) is 2.50. The van der Waals surface area contributed by atoms with Crippen molar-refractivity contribution >= 4 is 40.9 Å². The molecule has 0 aromatic heterocycles. The summed E-state index contributed by atoms with van der Waals surface area (Å²) in [4.78, 5) is 27.3. The second-order valence-electron chi connectivity index (χ2n) is 6.67. The average molecular weight is 456 g/mol. The summed E-state index contributed by atoms with van der Waals surface area (Å²) in [5.74, 6) is 1.14. The third kappa shape index (κ3) is 3.80. The number of carbonyl (C=O) groups excluding carboxylic acids is 2. The van der Waals surface area contributed by atoms with E-state index in [0.717, 1.165) is 0 Å². The Morgan fingerprint density at radius 1 is 1.09 bits per heavy atom. The molecule has 2 amide bonds. The third-order valence-corrected chi connectivity index (χ3v) is 5.12. The van der Waals surface area contributed by atoms with Crippen molar-refractivity contribution in [3.63, 3.8) is 0 Å². The second-order valence-corrected chi connectivity index (χ2v) is 7.06. The Bertz CT molecular complexity index is 1150. The van der Waals surface area contributed by atoms with Gasteiger partial charge in [0.25, 0.3) is 11.8 Å². The lowest BCUT2D eigenvalue weighted by Gasteiger charge is -2.30. The minimum atomic E-state index is -0.621. The maximum Gasteiger partial charge on any atom is 0.270 e. The molecule has 4 rings (SSSR count). The number of nitrogens with zero attached hydrogens (tertiary/aromatic N) is 1. The highest BCUT2D eigenvalue weighted by molar-refractivity contribution is 7.80. The maximum absolute atomic E-state index is 13.4. The fraction of sp³-hybridized carbons (Fsp3) is 0.227. The maximum atomic E-state index is 13.4. The number of hydrogen-bond donors (Lipinski definition) is 1. The van der Waals surface area contributed by atoms with E-state index in [-0.39, 0.29) is 17.5 Å². The molecule has 2 aromatic carbocycles. The van der Waals surface area contributed by atoms with Crippen LogP contribution in [0.1, 0.15) is 12.5 Å². The quantitative estimate of drug-likeness (QED) is 0.403. The number of rotatable bonds is 6. The molecule has 0 atom stereocenters. The largest absolute Gasteiger partial charge is 0.497 e. The molecule has 2 heterocycles. The van der Waals surface area contributed by atoms with Crippen molar-refractivity contribution in [3.05, 3.63) is 41.5 Å². The fourth-order valence-electron chi connectivity index (χ4n) is 3.33. The van der Waals surface area contributed by atoms with Gasteiger partial charge in [0, 0.05) is 17.7 Å². The van der Waals surface area contributed by atoms with E-state index in [1.54, 1.807) is 30.3 Å². The van der Waals surface area contributed by atoms with E-state index < -0.39 is 11.8 Å². The van der Waals surface area contributed by atoms with Gasteiger partial charge >= 0.3 is 0 Å². The number of methoxy groups -OCH3 is 2. The Labute approximate surface area is 189 Å². The standard InChI is InChI=1S/C22H20N2O7S/c1-4-29-16-10-19-18(30-11-31-19)8-12(16)7-14-20(25)23-22(32)24(21(14)26)15-6-5-13(27-2)9-17(15)28-3/h5-10H,4,11H2,1-3H3,(H,23,25,32)/b14-7+. The van der Waals surface area contributed by atoms with Gasteiger partial charge in [0.1, 0.15) is 22.8 Å². The molecule has 166 valence electrons. The van der Waals surface area contributed by atoms with Crippen LogP contribution in [-0.4, -0.2) is 44.5 Å². The van der Waals surface area contributed by atoms with Gasteiger partial charge in [0.15, 0.2) is 16.6 Å². The number of amides is 2. The summed E-state index contributed by atoms with van der Waals surface area (Å²) in [6, 6.07) is 8.24. The van der Waals surface area contributed by atoms with Crippen LogP contribution >= 0.6 is 12.2 Å². The summed E-state index contributed by atoms with van der Waals surface area (Å²) in [5.41, 5.74) is 0.727. The zero-order valence-electron chi connectivity index (χ0n) is 17.6. The molecule has 2 aliphatic heterocycles. The Balaban J connectivity index is 1.78. The van der Waals surface area contributed by atoms with E-state index in [2.05, 4.69) is 5.32 Å². The van der Waals surface area contributed by atoms with E-state index in [1.807, 2.05) is 6.92 Å². The molecular weight excluding hydrogens is 436 g/mol. The van der Waals surface area contributed by atoms with Gasteiger partial charge in [-0.25, -0.2) is 4.90 Å². The predicted molar refractivity (Wildman–Crippen MR) is 119 cm³/mol. The van der Waals surface area contributed by atoms with Crippen molar-refractivity contribution in [2.45, 2.75) is 6.92 Å². The number of ether oxygens (including phenoxy) is 5. The van der Waals surface area contributed by atoms with Gasteiger partial charge in [0.05, 0.1) is 26.5 Å². The van der Waals surface area contributed by atoms with Crippen LogP contribution in [-0.2, 0) is 9.59 Å². The van der Waals surface area contributed by atoms with Crippen molar-refractivity contribution in [1.29, 1.82) is 0 Å². The molecule has 0 radical (unpaired) electrons. The lowest BCUT2D eigenvalue weighted by Crippen LogP contribution is -2.54. The van der Waals surface area contributed by atoms with Gasteiger partial charge < -0.3 is 23.7 Å². The molecule has 9 nitrogen and oxygen atoms in total. The van der Waals surface area contributed by atoms with Gasteiger partial charge in [-0.05, 0) is 43.4 Å². The van der Waals surface area contributed by atoms with Crippen LogP contribution in [0.5, 0.6) is 28.7 Å². The zero-order chi connectivity index (χ0) is 22.8. The highest BCUT2D eigenvalue weighted by atomic mass is 32.1. The zero-order valence-corrected chi connectivity index (χ0v) is 18.4. The number of carbonyl (C=O) groups is 2. The minimum Gasteiger partial charge on any atom is -0.497 e. The van der Waals surface area contributed by atoms with Crippen LogP contribution in [0.15, 0.2) is 35.9 Å². The lowest BCUT2D eigenvalue weighted by molar-refractivity contribution is -0.122. The Kier molecular flexibility index (Phi) is 5.87. The second kappa shape index (κ2) is 8.75. The van der Waals surface area contributed by atoms with E-state index in [9.17, 15) is 9.59 Å². The first-order valence-corrected chi connectivity index (χ1v) is 10.1. The molecule has 0 saturated carbocycles. The highest BCUT2D eigenvalue weighted by Crippen LogP contribution is 2.40. The molecule has 0 spiro atoms. The van der Waals surface area contributed by atoms with Gasteiger partial charge in [-0.3, -0.25) is 14.9 Å². The SMILES string of the molecule is CCOc1cc2c(cc1/C=C1\C(=O)NC(=S)N(c3ccc(OC)cc3OC)C1=O)OCO2. The summed E-state index contributed by atoms with van der Waals surface area (Å²) in [7, 11) is 2.99. The number of thiocarbonyl (C=S) groups is 1. The van der Waals surface area contributed by atoms with Crippen LogP contribution in [0.2, 0.25) is 0 Å². The van der Waals surface area contributed by atoms with Crippen LogP contribution < -0.4 is 33.9 Å². The Morgan fingerprint density at radius 2 is 1.84 bits per heavy atom. The number of benzene rings is 2. The van der Waals surface area contributed by atoms with Crippen molar-refractivity contribution < 1.29 is 33.3 Å². The molecule has 2 aromatic rings. The van der Waals surface area contributed by atoms with Crippen molar-refractivity contribution in [2.75, 3.05) is 32.5 Å². The van der Waals surface area contributed by atoms with E-state index in [0.29, 0.717) is 46.6 Å². The van der Waals surface area contributed by atoms with Crippen molar-refractivity contribution in [2.24, 2.45) is 0 Å². The molecule has 1 fully saturated rings. The van der Waals surface area contributed by atoms with E-state index in [1.165, 1.54) is 25.2 Å². The van der Waals surface area contributed by atoms with Gasteiger partial charge in [-0.2, -0.15) is 0 Å². The number of nitrogens with one attached hydrogen (secondary N) is 1. The summed E-state index contributed by atoms with van der Waals surface area (Å²) in [6.07, 6.45) is 1.44. The molecule has 0 bridgehead atoms. The summed E-state index contributed by atoms with van der Waals surface area (Å²) < 4.78 is 27.1. The molecule has 0 unspecified atom stereocenters. The molecule has 1 saturated heterocycles. The van der Waals surface area contributed by atoms with Crippen LogP contribution in [0, 0.1) is 0 Å². The topological polar surface area (TPSA) is 95.6 Å². The molecule has 0 aliphatic carbocycles. The third-order valence-electron chi connectivity index (χ3n) is 4.83. The number of fused-ring (bicyclic) bond motifs is 1. The van der Waals surface area contributed by atoms with E-state index >= 15 is 0 Å². The smallest absolute Gasteiger partial charge is 0.270 e. The monoisotopic (exact) mass is 456 g/mol. The Morgan fingerprint density at radius 3 is 2.53 bits per heavy atom. The first kappa shape index (κ1) is 21.4. The average Bonchev–Trinajstić information content (AvgIpc) is 3.24. The predicted octanol–water partition coefficient (Wildman–Crippen LogP) is 2.66. The Hall–Kier alpha value is -3.79. The van der Waals surface area contributed by atoms with Crippen molar-refractivity contribution in [3.8, 4) is 28.7 Å². The number of hydrogen-bond acceptors (Lipinski definition) is 8. The molecule has 2 aliphatic rings. The lowest BCUT2D eigenvalue weighted by atomic mass is 10.1. The van der Waals surface area contributed by atoms with Crippen molar-refractivity contribution in [1.82, 2.24) is 5.32 Å². The number of anilines is 1. The summed E-state index contributed by atoms with van der Waals surface area (Å²) in [6.45, 7) is 2.30. The highest BCUT2D eigenvalue weighted by Gasteiger charge is 2.36. The summed E-state index contributed by atoms with van der Waals surface area (Å²) >= 11 is 5.28. The van der Waals surface area contributed by atoms with Gasteiger partial charge in [-0.1, -0.05) is 0 Å². The molecule has 32 heavy (non-hydrogen) atoms. The van der Waals surface area contributed by atoms with Crippen LogP contribution in [0.4, 0.5) is 5.69 Å². The van der Waals surface area contributed by atoms with Crippen LogP contribution in [0.25, 0.3) is 6.08 Å². The normalized spacial score (nSPS) is 16.3. The molecular formula is C22H20N2O7S. The molecule has 1 N–H and O–H groups in total. The minimum absolute atomic E-state index is 0.0589. The van der Waals surface area contributed by atoms with Gasteiger partial charge in [-0.15, -0.1) is 0 Å².